The minimum absolute atomic E-state index is 0.132. The standard InChI is InChI=1S/C23H25N3O5/c1-4-13-5-7-15(8-6-13)26-22(28)19(21(27)25-23(26)29)20-16-12-18(31-3)17(30-2)11-14(16)9-10-24-20/h5-8,11-12,20,24,28H,4,9-10H2,1-3H3,(H,25,27,29)/p+1/t20-/m1/s1. The Kier molecular flexibility index (Phi) is 5.56. The third-order valence-electron chi connectivity index (χ3n) is 5.83. The van der Waals surface area contributed by atoms with Crippen molar-refractivity contribution in [3.05, 3.63) is 79.5 Å². The Morgan fingerprint density at radius 1 is 1.13 bits per heavy atom. The number of nitrogens with two attached hydrogens (primary N) is 1. The van der Waals surface area contributed by atoms with Crippen LogP contribution in [0.1, 0.15) is 35.2 Å². The third kappa shape index (κ3) is 3.59. The lowest BCUT2D eigenvalue weighted by atomic mass is 9.90. The smallest absolute Gasteiger partial charge is 0.335 e. The molecule has 1 atom stereocenters. The van der Waals surface area contributed by atoms with Gasteiger partial charge in [0, 0.05) is 12.0 Å². The summed E-state index contributed by atoms with van der Waals surface area (Å²) >= 11 is 0. The fourth-order valence-electron chi connectivity index (χ4n) is 4.19. The molecule has 0 amide bonds. The molecule has 0 saturated carbocycles. The molecule has 1 aliphatic rings. The maximum Gasteiger partial charge on any atom is 0.335 e. The summed E-state index contributed by atoms with van der Waals surface area (Å²) in [6.07, 6.45) is 1.64. The number of H-pyrrole nitrogens is 1. The van der Waals surface area contributed by atoms with E-state index >= 15 is 0 Å². The van der Waals surface area contributed by atoms with Crippen molar-refractivity contribution in [1.82, 2.24) is 9.55 Å². The first kappa shape index (κ1) is 20.7. The molecule has 0 bridgehead atoms. The van der Waals surface area contributed by atoms with Crippen LogP contribution in [0.4, 0.5) is 0 Å². The summed E-state index contributed by atoms with van der Waals surface area (Å²) in [4.78, 5) is 27.8. The first-order valence-corrected chi connectivity index (χ1v) is 10.2. The summed E-state index contributed by atoms with van der Waals surface area (Å²) in [6.45, 7) is 2.76. The Morgan fingerprint density at radius 3 is 2.45 bits per heavy atom. The zero-order valence-electron chi connectivity index (χ0n) is 17.8. The van der Waals surface area contributed by atoms with E-state index in [0.29, 0.717) is 17.2 Å². The SMILES string of the molecule is CCc1ccc(-n2c(O)c([C@@H]3[NH2+]CCc4cc(OC)c(OC)cc43)c(=O)[nH]c2=O)cc1. The minimum atomic E-state index is -0.682. The Hall–Kier alpha value is -3.52. The van der Waals surface area contributed by atoms with E-state index in [4.69, 9.17) is 9.47 Å². The molecule has 1 aliphatic heterocycles. The van der Waals surface area contributed by atoms with Gasteiger partial charge in [-0.1, -0.05) is 19.1 Å². The number of aryl methyl sites for hydroxylation is 1. The number of ether oxygens (including phenoxy) is 2. The van der Waals surface area contributed by atoms with E-state index in [-0.39, 0.29) is 11.4 Å². The number of benzene rings is 2. The van der Waals surface area contributed by atoms with Crippen molar-refractivity contribution in [3.8, 4) is 23.1 Å². The molecule has 0 aliphatic carbocycles. The summed E-state index contributed by atoms with van der Waals surface area (Å²) in [6, 6.07) is 10.5. The molecular formula is C23H26N3O5+. The number of quaternary nitrogens is 1. The predicted octanol–water partition coefficient (Wildman–Crippen LogP) is 1.02. The van der Waals surface area contributed by atoms with Crippen LogP contribution >= 0.6 is 0 Å². The summed E-state index contributed by atoms with van der Waals surface area (Å²) < 4.78 is 12.0. The molecular weight excluding hydrogens is 398 g/mol. The molecule has 31 heavy (non-hydrogen) atoms. The van der Waals surface area contributed by atoms with Gasteiger partial charge in [-0.15, -0.1) is 0 Å². The Bertz CT molecular complexity index is 1230. The first-order valence-electron chi connectivity index (χ1n) is 10.2. The van der Waals surface area contributed by atoms with Gasteiger partial charge in [-0.2, -0.15) is 0 Å². The van der Waals surface area contributed by atoms with Crippen molar-refractivity contribution >= 4 is 0 Å². The van der Waals surface area contributed by atoms with E-state index < -0.39 is 17.3 Å². The van der Waals surface area contributed by atoms with Gasteiger partial charge >= 0.3 is 5.69 Å². The van der Waals surface area contributed by atoms with Crippen molar-refractivity contribution in [3.63, 3.8) is 0 Å². The molecule has 2 aromatic carbocycles. The van der Waals surface area contributed by atoms with E-state index in [1.807, 2.05) is 36.5 Å². The molecule has 4 rings (SSSR count). The number of aromatic nitrogens is 2. The largest absolute Gasteiger partial charge is 0.494 e. The number of methoxy groups -OCH3 is 2. The van der Waals surface area contributed by atoms with Crippen molar-refractivity contribution < 1.29 is 19.9 Å². The predicted molar refractivity (Wildman–Crippen MR) is 116 cm³/mol. The fraction of sp³-hybridized carbons (Fsp3) is 0.304. The number of nitrogens with zero attached hydrogens (tertiary/aromatic N) is 1. The Morgan fingerprint density at radius 2 is 1.81 bits per heavy atom. The van der Waals surface area contributed by atoms with Gasteiger partial charge < -0.3 is 19.9 Å². The van der Waals surface area contributed by atoms with E-state index in [2.05, 4.69) is 4.98 Å². The highest BCUT2D eigenvalue weighted by Crippen LogP contribution is 2.36. The number of hydrogen-bond acceptors (Lipinski definition) is 5. The second-order valence-electron chi connectivity index (χ2n) is 7.51. The summed E-state index contributed by atoms with van der Waals surface area (Å²) in [5.74, 6) is 0.795. The quantitative estimate of drug-likeness (QED) is 0.567. The van der Waals surface area contributed by atoms with E-state index in [9.17, 15) is 14.7 Å². The van der Waals surface area contributed by atoms with Gasteiger partial charge in [-0.3, -0.25) is 9.78 Å². The van der Waals surface area contributed by atoms with Crippen molar-refractivity contribution in [1.29, 1.82) is 0 Å². The van der Waals surface area contributed by atoms with Crippen LogP contribution in [0.3, 0.4) is 0 Å². The normalized spacial score (nSPS) is 15.4. The topological polar surface area (TPSA) is 110 Å². The molecule has 4 N–H and O–H groups in total. The van der Waals surface area contributed by atoms with Crippen LogP contribution in [0, 0.1) is 0 Å². The summed E-state index contributed by atoms with van der Waals surface area (Å²) in [7, 11) is 3.13. The maximum absolute atomic E-state index is 12.8. The van der Waals surface area contributed by atoms with Gasteiger partial charge in [0.2, 0.25) is 5.88 Å². The van der Waals surface area contributed by atoms with Crippen molar-refractivity contribution in [2.24, 2.45) is 0 Å². The van der Waals surface area contributed by atoms with Crippen LogP contribution < -0.4 is 26.0 Å². The lowest BCUT2D eigenvalue weighted by Gasteiger charge is -2.26. The van der Waals surface area contributed by atoms with Crippen molar-refractivity contribution in [2.75, 3.05) is 20.8 Å². The Balaban J connectivity index is 1.90. The second kappa shape index (κ2) is 8.31. The molecule has 0 radical (unpaired) electrons. The maximum atomic E-state index is 12.8. The van der Waals surface area contributed by atoms with Crippen LogP contribution in [0.2, 0.25) is 0 Å². The first-order chi connectivity index (χ1) is 15.0. The molecule has 0 unspecified atom stereocenters. The van der Waals surface area contributed by atoms with Gasteiger partial charge in [0.1, 0.15) is 11.6 Å². The lowest BCUT2D eigenvalue weighted by Crippen LogP contribution is -2.87. The number of aromatic amines is 1. The monoisotopic (exact) mass is 424 g/mol. The minimum Gasteiger partial charge on any atom is -0.494 e. The van der Waals surface area contributed by atoms with Crippen LogP contribution in [-0.2, 0) is 12.8 Å². The average molecular weight is 424 g/mol. The highest BCUT2D eigenvalue weighted by Gasteiger charge is 2.33. The highest BCUT2D eigenvalue weighted by molar-refractivity contribution is 5.51. The van der Waals surface area contributed by atoms with Crippen LogP contribution in [-0.4, -0.2) is 35.4 Å². The number of nitrogens with one attached hydrogen (secondary N) is 1. The highest BCUT2D eigenvalue weighted by atomic mass is 16.5. The zero-order chi connectivity index (χ0) is 22.1. The molecule has 0 spiro atoms. The van der Waals surface area contributed by atoms with Crippen LogP contribution in [0.15, 0.2) is 46.0 Å². The van der Waals surface area contributed by atoms with Gasteiger partial charge in [0.25, 0.3) is 5.56 Å². The van der Waals surface area contributed by atoms with Gasteiger partial charge in [0.05, 0.1) is 26.5 Å². The van der Waals surface area contributed by atoms with Crippen molar-refractivity contribution in [2.45, 2.75) is 25.8 Å². The van der Waals surface area contributed by atoms with Gasteiger partial charge in [-0.25, -0.2) is 9.36 Å². The summed E-state index contributed by atoms with van der Waals surface area (Å²) in [5.41, 5.74) is 2.29. The van der Waals surface area contributed by atoms with E-state index in [1.54, 1.807) is 26.4 Å². The molecule has 1 aromatic heterocycles. The molecule has 162 valence electrons. The molecule has 0 fully saturated rings. The summed E-state index contributed by atoms with van der Waals surface area (Å²) in [5, 5.41) is 13.1. The number of fused-ring (bicyclic) bond motifs is 1. The van der Waals surface area contributed by atoms with Gasteiger partial charge in [-0.05, 0) is 41.8 Å². The second-order valence-corrected chi connectivity index (χ2v) is 7.51. The van der Waals surface area contributed by atoms with E-state index in [0.717, 1.165) is 40.6 Å². The number of rotatable bonds is 5. The molecule has 3 aromatic rings. The molecule has 8 nitrogen and oxygen atoms in total. The lowest BCUT2D eigenvalue weighted by molar-refractivity contribution is -0.690. The number of hydrogen-bond donors (Lipinski definition) is 3. The van der Waals surface area contributed by atoms with Crippen LogP contribution in [0.5, 0.6) is 17.4 Å². The fourth-order valence-corrected chi connectivity index (χ4v) is 4.19. The average Bonchev–Trinajstić information content (AvgIpc) is 2.78. The molecule has 0 saturated heterocycles. The molecule has 8 heteroatoms. The van der Waals surface area contributed by atoms with Gasteiger partial charge in [0.15, 0.2) is 11.5 Å². The number of aromatic hydroxyl groups is 1. The zero-order valence-corrected chi connectivity index (χ0v) is 17.8. The van der Waals surface area contributed by atoms with E-state index in [1.165, 1.54) is 0 Å². The third-order valence-corrected chi connectivity index (χ3v) is 5.83. The van der Waals surface area contributed by atoms with Crippen LogP contribution in [0.25, 0.3) is 5.69 Å². The molecule has 2 heterocycles. The Labute approximate surface area is 179 Å².